The molecule has 0 heterocycles. The van der Waals surface area contributed by atoms with Crippen molar-refractivity contribution >= 4 is 5.91 Å². The minimum Gasteiger partial charge on any atom is -0.354 e. The minimum absolute atomic E-state index is 0.00979. The maximum absolute atomic E-state index is 11.6. The van der Waals surface area contributed by atoms with Gasteiger partial charge in [0.25, 0.3) is 0 Å². The largest absolute Gasteiger partial charge is 0.354 e. The van der Waals surface area contributed by atoms with Crippen LogP contribution in [0.1, 0.15) is 46.0 Å². The number of amides is 1. The zero-order valence-electron chi connectivity index (χ0n) is 9.96. The van der Waals surface area contributed by atoms with Gasteiger partial charge in [-0.25, -0.2) is 0 Å². The summed E-state index contributed by atoms with van der Waals surface area (Å²) >= 11 is 0. The Morgan fingerprint density at radius 3 is 2.47 bits per heavy atom. The number of hydrogen-bond donors (Lipinski definition) is 2. The zero-order chi connectivity index (χ0) is 11.3. The van der Waals surface area contributed by atoms with Crippen LogP contribution < -0.4 is 11.1 Å². The maximum atomic E-state index is 11.6. The molecule has 1 fully saturated rings. The molecule has 0 unspecified atom stereocenters. The molecule has 88 valence electrons. The van der Waals surface area contributed by atoms with Crippen molar-refractivity contribution in [3.05, 3.63) is 0 Å². The average Bonchev–Trinajstić information content (AvgIpc) is 2.26. The highest BCUT2D eigenvalue weighted by Gasteiger charge is 2.19. The van der Waals surface area contributed by atoms with Crippen LogP contribution in [0.4, 0.5) is 0 Å². The van der Waals surface area contributed by atoms with Gasteiger partial charge in [0.2, 0.25) is 5.91 Å². The quantitative estimate of drug-likeness (QED) is 0.744. The molecule has 0 aromatic carbocycles. The highest BCUT2D eigenvalue weighted by atomic mass is 16.2. The van der Waals surface area contributed by atoms with Gasteiger partial charge in [-0.1, -0.05) is 33.1 Å². The molecule has 3 N–H and O–H groups in total. The SMILES string of the molecule is CC(C)[C@H](N)C(=O)NCC1CCCCC1. The second-order valence-corrected chi connectivity index (χ2v) is 5.02. The summed E-state index contributed by atoms with van der Waals surface area (Å²) in [5.41, 5.74) is 5.76. The summed E-state index contributed by atoms with van der Waals surface area (Å²) in [6.45, 7) is 4.77. The molecule has 0 spiro atoms. The molecule has 3 nitrogen and oxygen atoms in total. The Morgan fingerprint density at radius 2 is 1.93 bits per heavy atom. The van der Waals surface area contributed by atoms with Crippen molar-refractivity contribution in [2.45, 2.75) is 52.0 Å². The Kier molecular flexibility index (Phi) is 5.09. The van der Waals surface area contributed by atoms with E-state index in [1.807, 2.05) is 13.8 Å². The van der Waals surface area contributed by atoms with Crippen LogP contribution in [0, 0.1) is 11.8 Å². The van der Waals surface area contributed by atoms with Crippen molar-refractivity contribution in [3.8, 4) is 0 Å². The van der Waals surface area contributed by atoms with Crippen molar-refractivity contribution < 1.29 is 4.79 Å². The third-order valence-corrected chi connectivity index (χ3v) is 3.31. The zero-order valence-corrected chi connectivity index (χ0v) is 9.96. The third kappa shape index (κ3) is 4.20. The predicted molar refractivity (Wildman–Crippen MR) is 62.4 cm³/mol. The van der Waals surface area contributed by atoms with Crippen molar-refractivity contribution in [2.24, 2.45) is 17.6 Å². The highest BCUT2D eigenvalue weighted by Crippen LogP contribution is 2.22. The predicted octanol–water partition coefficient (Wildman–Crippen LogP) is 1.67. The van der Waals surface area contributed by atoms with E-state index in [2.05, 4.69) is 5.32 Å². The topological polar surface area (TPSA) is 55.1 Å². The molecule has 3 heteroatoms. The van der Waals surface area contributed by atoms with Gasteiger partial charge in [0, 0.05) is 6.54 Å². The van der Waals surface area contributed by atoms with Crippen LogP contribution in [0.15, 0.2) is 0 Å². The van der Waals surface area contributed by atoms with Gasteiger partial charge < -0.3 is 11.1 Å². The molecule has 1 saturated carbocycles. The second-order valence-electron chi connectivity index (χ2n) is 5.02. The van der Waals surface area contributed by atoms with Crippen LogP contribution in [0.5, 0.6) is 0 Å². The molecule has 0 radical (unpaired) electrons. The van der Waals surface area contributed by atoms with E-state index in [9.17, 15) is 4.79 Å². The molecule has 0 bridgehead atoms. The average molecular weight is 212 g/mol. The van der Waals surface area contributed by atoms with Gasteiger partial charge in [-0.05, 0) is 24.7 Å². The van der Waals surface area contributed by atoms with E-state index in [0.717, 1.165) is 6.54 Å². The van der Waals surface area contributed by atoms with Crippen LogP contribution in [-0.2, 0) is 4.79 Å². The molecule has 1 aliphatic carbocycles. The van der Waals surface area contributed by atoms with Crippen molar-refractivity contribution in [3.63, 3.8) is 0 Å². The summed E-state index contributed by atoms with van der Waals surface area (Å²) in [4.78, 5) is 11.6. The lowest BCUT2D eigenvalue weighted by Gasteiger charge is -2.23. The fraction of sp³-hybridized carbons (Fsp3) is 0.917. The molecule has 1 amide bonds. The summed E-state index contributed by atoms with van der Waals surface area (Å²) in [5, 5.41) is 2.97. The number of carbonyl (C=O) groups is 1. The van der Waals surface area contributed by atoms with Crippen molar-refractivity contribution in [2.75, 3.05) is 6.54 Å². The molecule has 0 aliphatic heterocycles. The molecule has 0 saturated heterocycles. The van der Waals surface area contributed by atoms with E-state index in [1.165, 1.54) is 32.1 Å². The Labute approximate surface area is 92.8 Å². The molecular weight excluding hydrogens is 188 g/mol. The minimum atomic E-state index is -0.353. The van der Waals surface area contributed by atoms with Gasteiger partial charge in [-0.3, -0.25) is 4.79 Å². The van der Waals surface area contributed by atoms with E-state index in [4.69, 9.17) is 5.73 Å². The Balaban J connectivity index is 2.20. The molecular formula is C12H24N2O. The fourth-order valence-electron chi connectivity index (χ4n) is 2.06. The van der Waals surface area contributed by atoms with Crippen molar-refractivity contribution in [1.82, 2.24) is 5.32 Å². The summed E-state index contributed by atoms with van der Waals surface area (Å²) in [6, 6.07) is -0.353. The van der Waals surface area contributed by atoms with Gasteiger partial charge in [-0.15, -0.1) is 0 Å². The summed E-state index contributed by atoms with van der Waals surface area (Å²) < 4.78 is 0. The van der Waals surface area contributed by atoms with E-state index in [0.29, 0.717) is 5.92 Å². The van der Waals surface area contributed by atoms with E-state index < -0.39 is 0 Å². The molecule has 0 aromatic rings. The van der Waals surface area contributed by atoms with E-state index >= 15 is 0 Å². The van der Waals surface area contributed by atoms with E-state index in [1.54, 1.807) is 0 Å². The monoisotopic (exact) mass is 212 g/mol. The van der Waals surface area contributed by atoms with Gasteiger partial charge >= 0.3 is 0 Å². The first-order valence-corrected chi connectivity index (χ1v) is 6.14. The number of nitrogens with one attached hydrogen (secondary N) is 1. The maximum Gasteiger partial charge on any atom is 0.237 e. The van der Waals surface area contributed by atoms with Gasteiger partial charge in [0.05, 0.1) is 6.04 Å². The number of carbonyl (C=O) groups excluding carboxylic acids is 1. The number of hydrogen-bond acceptors (Lipinski definition) is 2. The third-order valence-electron chi connectivity index (χ3n) is 3.31. The van der Waals surface area contributed by atoms with Crippen LogP contribution in [0.2, 0.25) is 0 Å². The molecule has 1 rings (SSSR count). The van der Waals surface area contributed by atoms with Crippen molar-refractivity contribution in [1.29, 1.82) is 0 Å². The number of rotatable bonds is 4. The molecule has 1 aliphatic rings. The standard InChI is InChI=1S/C12H24N2O/c1-9(2)11(13)12(15)14-8-10-6-4-3-5-7-10/h9-11H,3-8,13H2,1-2H3,(H,14,15)/t11-/m0/s1. The summed E-state index contributed by atoms with van der Waals surface area (Å²) in [7, 11) is 0. The Bertz CT molecular complexity index is 198. The summed E-state index contributed by atoms with van der Waals surface area (Å²) in [6.07, 6.45) is 6.51. The van der Waals surface area contributed by atoms with Gasteiger partial charge in [0.15, 0.2) is 0 Å². The lowest BCUT2D eigenvalue weighted by molar-refractivity contribution is -0.123. The Hall–Kier alpha value is -0.570. The van der Waals surface area contributed by atoms with Crippen LogP contribution in [-0.4, -0.2) is 18.5 Å². The molecule has 0 aromatic heterocycles. The first-order valence-electron chi connectivity index (χ1n) is 6.14. The highest BCUT2D eigenvalue weighted by molar-refractivity contribution is 5.81. The first-order chi connectivity index (χ1) is 7.11. The molecule has 1 atom stereocenters. The summed E-state index contributed by atoms with van der Waals surface area (Å²) in [5.74, 6) is 0.911. The lowest BCUT2D eigenvalue weighted by Crippen LogP contribution is -2.45. The smallest absolute Gasteiger partial charge is 0.237 e. The fourth-order valence-corrected chi connectivity index (χ4v) is 2.06. The van der Waals surface area contributed by atoms with E-state index in [-0.39, 0.29) is 17.9 Å². The van der Waals surface area contributed by atoms with Gasteiger partial charge in [-0.2, -0.15) is 0 Å². The second kappa shape index (κ2) is 6.11. The Morgan fingerprint density at radius 1 is 1.33 bits per heavy atom. The number of nitrogens with two attached hydrogens (primary N) is 1. The van der Waals surface area contributed by atoms with Crippen LogP contribution in [0.25, 0.3) is 0 Å². The van der Waals surface area contributed by atoms with Crippen LogP contribution >= 0.6 is 0 Å². The molecule has 15 heavy (non-hydrogen) atoms. The van der Waals surface area contributed by atoms with Crippen LogP contribution in [0.3, 0.4) is 0 Å². The lowest BCUT2D eigenvalue weighted by atomic mass is 9.89. The first kappa shape index (κ1) is 12.5. The van der Waals surface area contributed by atoms with Gasteiger partial charge in [0.1, 0.15) is 0 Å². The normalized spacial score (nSPS) is 20.3.